The summed E-state index contributed by atoms with van der Waals surface area (Å²) in [6, 6.07) is 2.19. The quantitative estimate of drug-likeness (QED) is 0.717. The monoisotopic (exact) mass is 351 g/mol. The van der Waals surface area contributed by atoms with Crippen LogP contribution in [0.4, 0.5) is 19.4 Å². The third kappa shape index (κ3) is 5.23. The van der Waals surface area contributed by atoms with Gasteiger partial charge in [-0.3, -0.25) is 0 Å². The van der Waals surface area contributed by atoms with Gasteiger partial charge in [0, 0.05) is 6.04 Å². The summed E-state index contributed by atoms with van der Waals surface area (Å²) in [7, 11) is -11.2. The molecule has 2 atom stereocenters. The first-order chi connectivity index (χ1) is 9.00. The standard InChI is InChI=1S/C12H18F5NOS2/c1-9(18-20(19)12(2,3)4)10-6-5-7-11(8-10)21(13,14,15,16)17/h5-9,18H,1-4H3. The summed E-state index contributed by atoms with van der Waals surface area (Å²) in [5.41, 5.74) is -0.00153. The summed E-state index contributed by atoms with van der Waals surface area (Å²) in [5, 5.41) is 0. The number of benzene rings is 1. The number of hydrogen-bond donors (Lipinski definition) is 1. The van der Waals surface area contributed by atoms with E-state index in [0.29, 0.717) is 12.1 Å². The molecule has 0 saturated heterocycles. The lowest BCUT2D eigenvalue weighted by atomic mass is 10.1. The molecular weight excluding hydrogens is 333 g/mol. The van der Waals surface area contributed by atoms with E-state index in [1.165, 1.54) is 13.0 Å². The Hall–Kier alpha value is -0.670. The van der Waals surface area contributed by atoms with Crippen LogP contribution in [0.3, 0.4) is 0 Å². The van der Waals surface area contributed by atoms with E-state index in [0.717, 1.165) is 6.07 Å². The molecule has 0 bridgehead atoms. The first kappa shape index (κ1) is 18.4. The van der Waals surface area contributed by atoms with Crippen LogP contribution in [0.25, 0.3) is 0 Å². The van der Waals surface area contributed by atoms with Gasteiger partial charge >= 0.3 is 10.2 Å². The molecule has 0 radical (unpaired) electrons. The van der Waals surface area contributed by atoms with Gasteiger partial charge in [0.2, 0.25) is 0 Å². The molecule has 0 aromatic heterocycles. The molecule has 9 heteroatoms. The minimum Gasteiger partial charge on any atom is -0.242 e. The van der Waals surface area contributed by atoms with Crippen LogP contribution in [0.15, 0.2) is 29.2 Å². The van der Waals surface area contributed by atoms with Crippen molar-refractivity contribution in [2.75, 3.05) is 0 Å². The highest BCUT2D eigenvalue weighted by atomic mass is 32.5. The first-order valence-corrected chi connectivity index (χ1v) is 9.13. The largest absolute Gasteiger partial charge is 0.310 e. The Morgan fingerprint density at radius 3 is 2.10 bits per heavy atom. The van der Waals surface area contributed by atoms with Crippen LogP contribution in [0.5, 0.6) is 0 Å². The van der Waals surface area contributed by atoms with Crippen molar-refractivity contribution in [2.45, 2.75) is 43.4 Å². The Labute approximate surface area is 123 Å². The van der Waals surface area contributed by atoms with Gasteiger partial charge in [0.25, 0.3) is 0 Å². The molecule has 21 heavy (non-hydrogen) atoms. The van der Waals surface area contributed by atoms with Gasteiger partial charge < -0.3 is 0 Å². The van der Waals surface area contributed by atoms with E-state index in [-0.39, 0.29) is 5.56 Å². The maximum absolute atomic E-state index is 12.8. The van der Waals surface area contributed by atoms with Crippen LogP contribution < -0.4 is 4.72 Å². The SMILES string of the molecule is CC(NS(=O)C(C)(C)C)c1cccc(S(F)(F)(F)(F)F)c1. The van der Waals surface area contributed by atoms with Crippen molar-refractivity contribution in [3.05, 3.63) is 29.8 Å². The highest BCUT2D eigenvalue weighted by molar-refractivity contribution is 8.45. The van der Waals surface area contributed by atoms with Crippen molar-refractivity contribution in [3.63, 3.8) is 0 Å². The van der Waals surface area contributed by atoms with Crippen molar-refractivity contribution in [3.8, 4) is 0 Å². The second-order valence-electron chi connectivity index (χ2n) is 5.76. The van der Waals surface area contributed by atoms with E-state index >= 15 is 0 Å². The van der Waals surface area contributed by atoms with Crippen molar-refractivity contribution < 1.29 is 23.6 Å². The second-order valence-corrected chi connectivity index (χ2v) is 10.2. The van der Waals surface area contributed by atoms with Gasteiger partial charge in [-0.1, -0.05) is 31.6 Å². The molecule has 1 aromatic rings. The van der Waals surface area contributed by atoms with Gasteiger partial charge in [-0.05, 0) is 45.4 Å². The summed E-state index contributed by atoms with van der Waals surface area (Å²) in [6.07, 6.45) is 0. The van der Waals surface area contributed by atoms with E-state index in [1.54, 1.807) is 20.8 Å². The fourth-order valence-electron chi connectivity index (χ4n) is 1.43. The molecule has 0 saturated carbocycles. The van der Waals surface area contributed by atoms with Crippen molar-refractivity contribution in [1.29, 1.82) is 0 Å². The molecule has 0 fully saturated rings. The molecule has 0 amide bonds. The average molecular weight is 351 g/mol. The highest BCUT2D eigenvalue weighted by Crippen LogP contribution is 3.02. The number of hydrogen-bond acceptors (Lipinski definition) is 1. The van der Waals surface area contributed by atoms with Crippen molar-refractivity contribution in [2.24, 2.45) is 0 Å². The molecule has 0 aliphatic rings. The van der Waals surface area contributed by atoms with Crippen LogP contribution in [0.2, 0.25) is 0 Å². The average Bonchev–Trinajstić information content (AvgIpc) is 2.24. The fraction of sp³-hybridized carbons (Fsp3) is 0.500. The normalized spacial score (nSPS) is 19.5. The maximum Gasteiger partial charge on any atom is 0.310 e. The molecule has 1 aromatic carbocycles. The zero-order chi connectivity index (χ0) is 16.8. The van der Waals surface area contributed by atoms with E-state index in [4.69, 9.17) is 0 Å². The molecule has 124 valence electrons. The Kier molecular flexibility index (Phi) is 4.08. The van der Waals surface area contributed by atoms with Crippen LogP contribution in [0, 0.1) is 0 Å². The van der Waals surface area contributed by atoms with Crippen LogP contribution in [-0.4, -0.2) is 8.96 Å². The maximum atomic E-state index is 12.8. The summed E-state index contributed by atoms with van der Waals surface area (Å²) in [5.74, 6) is 0. The summed E-state index contributed by atoms with van der Waals surface area (Å²) in [4.78, 5) is -1.94. The molecular formula is C12H18F5NOS2. The van der Waals surface area contributed by atoms with Crippen molar-refractivity contribution >= 4 is 21.2 Å². The smallest absolute Gasteiger partial charge is 0.242 e. The van der Waals surface area contributed by atoms with Crippen molar-refractivity contribution in [1.82, 2.24) is 4.72 Å². The minimum atomic E-state index is -9.70. The van der Waals surface area contributed by atoms with Gasteiger partial charge in [0.1, 0.15) is 4.90 Å². The molecule has 0 aliphatic heterocycles. The van der Waals surface area contributed by atoms with Gasteiger partial charge in [0.15, 0.2) is 0 Å². The second kappa shape index (κ2) is 4.66. The lowest BCUT2D eigenvalue weighted by Gasteiger charge is -2.40. The van der Waals surface area contributed by atoms with Crippen LogP contribution >= 0.6 is 10.2 Å². The van der Waals surface area contributed by atoms with E-state index in [9.17, 15) is 23.6 Å². The zero-order valence-corrected chi connectivity index (χ0v) is 13.6. The Balaban J connectivity index is 3.11. The Bertz CT molecular complexity index is 565. The number of nitrogens with one attached hydrogen (secondary N) is 1. The highest BCUT2D eigenvalue weighted by Gasteiger charge is 2.65. The first-order valence-electron chi connectivity index (χ1n) is 6.03. The predicted octanol–water partition coefficient (Wildman–Crippen LogP) is 5.46. The van der Waals surface area contributed by atoms with E-state index in [1.807, 2.05) is 0 Å². The molecule has 1 rings (SSSR count). The molecule has 0 heterocycles. The van der Waals surface area contributed by atoms with Gasteiger partial charge in [-0.2, -0.15) is 0 Å². The number of halogens is 5. The Morgan fingerprint density at radius 1 is 1.14 bits per heavy atom. The van der Waals surface area contributed by atoms with Crippen LogP contribution in [-0.2, 0) is 11.0 Å². The molecule has 0 aliphatic carbocycles. The van der Waals surface area contributed by atoms with E-state index < -0.39 is 36.9 Å². The zero-order valence-electron chi connectivity index (χ0n) is 12.0. The molecule has 2 unspecified atom stereocenters. The molecule has 1 N–H and O–H groups in total. The van der Waals surface area contributed by atoms with E-state index in [2.05, 4.69) is 4.72 Å². The molecule has 0 spiro atoms. The predicted molar refractivity (Wildman–Crippen MR) is 77.3 cm³/mol. The molecule has 2 nitrogen and oxygen atoms in total. The topological polar surface area (TPSA) is 29.1 Å². The lowest BCUT2D eigenvalue weighted by Crippen LogP contribution is -2.34. The summed E-state index contributed by atoms with van der Waals surface area (Å²) < 4.78 is 77.7. The van der Waals surface area contributed by atoms with Gasteiger partial charge in [-0.15, -0.1) is 0 Å². The van der Waals surface area contributed by atoms with Crippen LogP contribution in [0.1, 0.15) is 39.3 Å². The lowest BCUT2D eigenvalue weighted by molar-refractivity contribution is 0.363. The number of rotatable bonds is 4. The minimum absolute atomic E-state index is 0.00153. The van der Waals surface area contributed by atoms with Gasteiger partial charge in [-0.25, -0.2) is 8.93 Å². The van der Waals surface area contributed by atoms with Gasteiger partial charge in [0.05, 0.1) is 15.7 Å². The fourth-order valence-corrected chi connectivity index (χ4v) is 2.93. The Morgan fingerprint density at radius 2 is 1.67 bits per heavy atom. The third-order valence-corrected chi connectivity index (χ3v) is 5.47. The summed E-state index contributed by atoms with van der Waals surface area (Å²) >= 11 is 0. The summed E-state index contributed by atoms with van der Waals surface area (Å²) in [6.45, 7) is 6.53. The third-order valence-electron chi connectivity index (χ3n) is 2.64.